The van der Waals surface area contributed by atoms with Crippen LogP contribution in [0.1, 0.15) is 24.0 Å². The van der Waals surface area contributed by atoms with E-state index in [0.717, 1.165) is 24.2 Å². The Morgan fingerprint density at radius 2 is 1.84 bits per heavy atom. The summed E-state index contributed by atoms with van der Waals surface area (Å²) >= 11 is 0. The number of pyridine rings is 1. The molecule has 174 valence electrons. The van der Waals surface area contributed by atoms with Gasteiger partial charge < -0.3 is 20.3 Å². The molecule has 1 aromatic heterocycles. The lowest BCUT2D eigenvalue weighted by Crippen LogP contribution is -2.36. The van der Waals surface area contributed by atoms with Crippen LogP contribution in [0, 0.1) is 0 Å². The van der Waals surface area contributed by atoms with Crippen LogP contribution in [0.2, 0.25) is 0 Å². The maximum absolute atomic E-state index is 12.3. The molecule has 1 aromatic carbocycles. The number of carbonyl (C=O) groups excluding carboxylic acids is 1. The standard InChI is InChI=1S/C21H24F3N5O2.HI/c1-25-20(28-13-16-8-9-26-18(11-16)31-14-21(22,23)24)27-12-15-4-6-17(7-5-15)29-10-2-3-19(29)30;/h4-9,11H,2-3,10,12-14H2,1H3,(H2,25,27,28);1H. The van der Waals surface area contributed by atoms with Crippen molar-refractivity contribution in [3.8, 4) is 5.88 Å². The molecular formula is C21H25F3IN5O2. The normalized spacial score (nSPS) is 14.2. The maximum Gasteiger partial charge on any atom is 0.422 e. The Kier molecular flexibility index (Phi) is 9.54. The first-order valence-electron chi connectivity index (χ1n) is 9.82. The average molecular weight is 563 g/mol. The van der Waals surface area contributed by atoms with Crippen molar-refractivity contribution in [3.63, 3.8) is 0 Å². The second-order valence-electron chi connectivity index (χ2n) is 7.00. The number of ether oxygens (including phenoxy) is 1. The number of benzene rings is 1. The van der Waals surface area contributed by atoms with Crippen LogP contribution in [-0.4, -0.2) is 43.2 Å². The van der Waals surface area contributed by atoms with Crippen molar-refractivity contribution in [2.24, 2.45) is 4.99 Å². The molecule has 0 unspecified atom stereocenters. The highest BCUT2D eigenvalue weighted by molar-refractivity contribution is 14.0. The van der Waals surface area contributed by atoms with E-state index in [0.29, 0.717) is 31.0 Å². The lowest BCUT2D eigenvalue weighted by Gasteiger charge is -2.16. The molecule has 2 N–H and O–H groups in total. The zero-order valence-electron chi connectivity index (χ0n) is 17.5. The van der Waals surface area contributed by atoms with Gasteiger partial charge in [0.25, 0.3) is 0 Å². The Hall–Kier alpha value is -2.57. The van der Waals surface area contributed by atoms with Crippen LogP contribution in [0.3, 0.4) is 0 Å². The molecule has 2 aromatic rings. The van der Waals surface area contributed by atoms with Crippen LogP contribution in [0.25, 0.3) is 0 Å². The molecule has 1 aliphatic rings. The second-order valence-corrected chi connectivity index (χ2v) is 7.00. The predicted octanol–water partition coefficient (Wildman–Crippen LogP) is 3.63. The van der Waals surface area contributed by atoms with Crippen molar-refractivity contribution in [1.29, 1.82) is 0 Å². The number of carbonyl (C=O) groups is 1. The van der Waals surface area contributed by atoms with E-state index in [1.54, 1.807) is 18.0 Å². The number of guanidine groups is 1. The first-order chi connectivity index (χ1) is 14.8. The van der Waals surface area contributed by atoms with Crippen LogP contribution < -0.4 is 20.3 Å². The van der Waals surface area contributed by atoms with Gasteiger partial charge in [-0.1, -0.05) is 12.1 Å². The summed E-state index contributed by atoms with van der Waals surface area (Å²) in [5.74, 6) is 0.600. The monoisotopic (exact) mass is 563 g/mol. The first kappa shape index (κ1) is 25.7. The summed E-state index contributed by atoms with van der Waals surface area (Å²) < 4.78 is 41.5. The van der Waals surface area contributed by atoms with Gasteiger partial charge in [0.1, 0.15) is 0 Å². The Morgan fingerprint density at radius 3 is 2.44 bits per heavy atom. The van der Waals surface area contributed by atoms with E-state index in [-0.39, 0.29) is 35.8 Å². The van der Waals surface area contributed by atoms with Crippen LogP contribution >= 0.6 is 24.0 Å². The molecule has 1 saturated heterocycles. The Bertz CT molecular complexity index is 922. The molecule has 2 heterocycles. The molecule has 1 aliphatic heterocycles. The second kappa shape index (κ2) is 11.9. The fourth-order valence-corrected chi connectivity index (χ4v) is 3.10. The van der Waals surface area contributed by atoms with Crippen LogP contribution in [0.15, 0.2) is 47.6 Å². The van der Waals surface area contributed by atoms with Gasteiger partial charge in [-0.3, -0.25) is 9.79 Å². The average Bonchev–Trinajstić information content (AvgIpc) is 3.18. The highest BCUT2D eigenvalue weighted by atomic mass is 127. The fourth-order valence-electron chi connectivity index (χ4n) is 3.10. The van der Waals surface area contributed by atoms with Gasteiger partial charge in [-0.25, -0.2) is 4.98 Å². The zero-order valence-corrected chi connectivity index (χ0v) is 19.8. The van der Waals surface area contributed by atoms with Crippen LogP contribution in [0.5, 0.6) is 5.88 Å². The largest absolute Gasteiger partial charge is 0.468 e. The highest BCUT2D eigenvalue weighted by Crippen LogP contribution is 2.21. The molecule has 1 fully saturated rings. The van der Waals surface area contributed by atoms with Gasteiger partial charge in [-0.15, -0.1) is 24.0 Å². The molecule has 0 radical (unpaired) electrons. The van der Waals surface area contributed by atoms with Crippen molar-refractivity contribution in [2.45, 2.75) is 32.1 Å². The highest BCUT2D eigenvalue weighted by Gasteiger charge is 2.28. The van der Waals surface area contributed by atoms with Gasteiger partial charge in [0, 0.05) is 51.1 Å². The minimum atomic E-state index is -4.41. The third-order valence-electron chi connectivity index (χ3n) is 4.65. The summed E-state index contributed by atoms with van der Waals surface area (Å²) in [6.45, 7) is 0.223. The molecule has 7 nitrogen and oxygen atoms in total. The van der Waals surface area contributed by atoms with Gasteiger partial charge in [0.2, 0.25) is 11.8 Å². The smallest absolute Gasteiger partial charge is 0.422 e. The maximum atomic E-state index is 12.3. The van der Waals surface area contributed by atoms with E-state index in [2.05, 4.69) is 25.3 Å². The number of hydrogen-bond donors (Lipinski definition) is 2. The molecule has 1 amide bonds. The minimum absolute atomic E-state index is 0. The number of halogens is 4. The minimum Gasteiger partial charge on any atom is -0.468 e. The predicted molar refractivity (Wildman–Crippen MR) is 126 cm³/mol. The van der Waals surface area contributed by atoms with Crippen molar-refractivity contribution >= 4 is 41.5 Å². The summed E-state index contributed by atoms with van der Waals surface area (Å²) in [5, 5.41) is 6.27. The number of anilines is 1. The van der Waals surface area contributed by atoms with E-state index in [4.69, 9.17) is 0 Å². The summed E-state index contributed by atoms with van der Waals surface area (Å²) in [6, 6.07) is 10.9. The summed E-state index contributed by atoms with van der Waals surface area (Å²) in [4.78, 5) is 21.6. The number of hydrogen-bond acceptors (Lipinski definition) is 4. The number of aromatic nitrogens is 1. The molecule has 0 atom stereocenters. The van der Waals surface area contributed by atoms with Crippen molar-refractivity contribution in [1.82, 2.24) is 15.6 Å². The zero-order chi connectivity index (χ0) is 22.3. The van der Waals surface area contributed by atoms with E-state index in [1.165, 1.54) is 12.3 Å². The van der Waals surface area contributed by atoms with Gasteiger partial charge in [-0.05, 0) is 35.7 Å². The number of amides is 1. The Balaban J connectivity index is 0.00000363. The van der Waals surface area contributed by atoms with Crippen molar-refractivity contribution in [3.05, 3.63) is 53.7 Å². The molecule has 0 aliphatic carbocycles. The fraction of sp³-hybridized carbons (Fsp3) is 0.381. The summed E-state index contributed by atoms with van der Waals surface area (Å²) in [6.07, 6.45) is -1.54. The molecule has 0 saturated carbocycles. The van der Waals surface area contributed by atoms with E-state index >= 15 is 0 Å². The molecule has 0 spiro atoms. The van der Waals surface area contributed by atoms with Gasteiger partial charge >= 0.3 is 6.18 Å². The van der Waals surface area contributed by atoms with Gasteiger partial charge in [-0.2, -0.15) is 13.2 Å². The number of aliphatic imine (C=N–C) groups is 1. The van der Waals surface area contributed by atoms with Crippen molar-refractivity contribution < 1.29 is 22.7 Å². The summed E-state index contributed by atoms with van der Waals surface area (Å²) in [5.41, 5.74) is 2.62. The van der Waals surface area contributed by atoms with Gasteiger partial charge in [0.15, 0.2) is 12.6 Å². The van der Waals surface area contributed by atoms with E-state index in [9.17, 15) is 18.0 Å². The molecule has 11 heteroatoms. The van der Waals surface area contributed by atoms with E-state index in [1.807, 2.05) is 24.3 Å². The lowest BCUT2D eigenvalue weighted by atomic mass is 10.2. The quantitative estimate of drug-likeness (QED) is 0.306. The summed E-state index contributed by atoms with van der Waals surface area (Å²) in [7, 11) is 1.63. The topological polar surface area (TPSA) is 78.9 Å². The molecule has 3 rings (SSSR count). The van der Waals surface area contributed by atoms with Crippen LogP contribution in [-0.2, 0) is 17.9 Å². The Labute approximate surface area is 201 Å². The number of alkyl halides is 3. The van der Waals surface area contributed by atoms with E-state index < -0.39 is 12.8 Å². The Morgan fingerprint density at radius 1 is 1.16 bits per heavy atom. The lowest BCUT2D eigenvalue weighted by molar-refractivity contribution is -0.154. The molecule has 32 heavy (non-hydrogen) atoms. The third kappa shape index (κ3) is 7.84. The molecular weight excluding hydrogens is 538 g/mol. The molecule has 0 bridgehead atoms. The van der Waals surface area contributed by atoms with Crippen molar-refractivity contribution in [2.75, 3.05) is 25.1 Å². The van der Waals surface area contributed by atoms with Crippen LogP contribution in [0.4, 0.5) is 18.9 Å². The number of nitrogens with one attached hydrogen (secondary N) is 2. The third-order valence-corrected chi connectivity index (χ3v) is 4.65. The SMILES string of the molecule is CN=C(NCc1ccc(N2CCCC2=O)cc1)NCc1ccnc(OCC(F)(F)F)c1.I. The van der Waals surface area contributed by atoms with Gasteiger partial charge in [0.05, 0.1) is 0 Å². The number of rotatable bonds is 7. The first-order valence-corrected chi connectivity index (χ1v) is 9.82. The number of nitrogens with zero attached hydrogens (tertiary/aromatic N) is 3.